The summed E-state index contributed by atoms with van der Waals surface area (Å²) < 4.78 is 5.77. The Balaban J connectivity index is 1.97. The van der Waals surface area contributed by atoms with Gasteiger partial charge in [0, 0.05) is 11.6 Å². The van der Waals surface area contributed by atoms with Crippen LogP contribution in [0.3, 0.4) is 0 Å². The van der Waals surface area contributed by atoms with Crippen molar-refractivity contribution in [2.75, 3.05) is 13.2 Å². The van der Waals surface area contributed by atoms with Crippen LogP contribution in [0.15, 0.2) is 0 Å². The first kappa shape index (κ1) is 10.4. The van der Waals surface area contributed by atoms with E-state index in [1.165, 1.54) is 32.1 Å². The van der Waals surface area contributed by atoms with Gasteiger partial charge >= 0.3 is 0 Å². The van der Waals surface area contributed by atoms with Gasteiger partial charge < -0.3 is 10.1 Å². The molecule has 0 amide bonds. The zero-order chi connectivity index (χ0) is 10.0. The van der Waals surface area contributed by atoms with Crippen molar-refractivity contribution in [1.82, 2.24) is 5.32 Å². The van der Waals surface area contributed by atoms with E-state index in [0.717, 1.165) is 13.2 Å². The van der Waals surface area contributed by atoms with E-state index in [9.17, 15) is 0 Å². The molecule has 2 nitrogen and oxygen atoms in total. The maximum atomic E-state index is 5.77. The minimum absolute atomic E-state index is 0.339. The fraction of sp³-hybridized carbons (Fsp3) is 1.00. The lowest BCUT2D eigenvalue weighted by Gasteiger charge is -2.45. The number of morpholine rings is 1. The lowest BCUT2D eigenvalue weighted by molar-refractivity contribution is -0.0278. The molecule has 1 saturated heterocycles. The third kappa shape index (κ3) is 2.12. The van der Waals surface area contributed by atoms with Crippen LogP contribution in [-0.2, 0) is 4.74 Å². The van der Waals surface area contributed by atoms with E-state index in [4.69, 9.17) is 4.74 Å². The highest BCUT2D eigenvalue weighted by Crippen LogP contribution is 2.31. The summed E-state index contributed by atoms with van der Waals surface area (Å²) in [5.41, 5.74) is 0.339. The predicted molar refractivity (Wildman–Crippen MR) is 58.4 cm³/mol. The van der Waals surface area contributed by atoms with Gasteiger partial charge in [-0.3, -0.25) is 0 Å². The average Bonchev–Trinajstić information content (AvgIpc) is 2.19. The SMILES string of the molecule is CC(C)[C@@H]1COCC2(CCCCC2)N1. The average molecular weight is 197 g/mol. The van der Waals surface area contributed by atoms with Gasteiger partial charge in [-0.2, -0.15) is 0 Å². The lowest BCUT2D eigenvalue weighted by Crippen LogP contribution is -2.61. The maximum absolute atomic E-state index is 5.77. The highest BCUT2D eigenvalue weighted by Gasteiger charge is 2.37. The molecule has 2 aliphatic rings. The summed E-state index contributed by atoms with van der Waals surface area (Å²) in [6, 6.07) is 0.571. The van der Waals surface area contributed by atoms with Crippen LogP contribution in [-0.4, -0.2) is 24.8 Å². The molecule has 2 fully saturated rings. The first-order chi connectivity index (χ1) is 6.72. The molecule has 1 aliphatic heterocycles. The van der Waals surface area contributed by atoms with Gasteiger partial charge in [-0.05, 0) is 18.8 Å². The normalized spacial score (nSPS) is 32.4. The molecule has 0 aromatic rings. The maximum Gasteiger partial charge on any atom is 0.0649 e. The summed E-state index contributed by atoms with van der Waals surface area (Å²) in [5.74, 6) is 0.689. The van der Waals surface area contributed by atoms with E-state index in [1.807, 2.05) is 0 Å². The number of rotatable bonds is 1. The van der Waals surface area contributed by atoms with E-state index in [2.05, 4.69) is 19.2 Å². The first-order valence-electron chi connectivity index (χ1n) is 6.07. The Bertz CT molecular complexity index is 179. The van der Waals surface area contributed by atoms with Gasteiger partial charge in [0.1, 0.15) is 0 Å². The third-order valence-electron chi connectivity index (χ3n) is 3.78. The molecular formula is C12H23NO. The minimum atomic E-state index is 0.339. The van der Waals surface area contributed by atoms with Crippen LogP contribution >= 0.6 is 0 Å². The minimum Gasteiger partial charge on any atom is -0.378 e. The Labute approximate surface area is 87.4 Å². The summed E-state index contributed by atoms with van der Waals surface area (Å²) >= 11 is 0. The van der Waals surface area contributed by atoms with E-state index in [0.29, 0.717) is 17.5 Å². The predicted octanol–water partition coefficient (Wildman–Crippen LogP) is 2.33. The van der Waals surface area contributed by atoms with Crippen molar-refractivity contribution < 1.29 is 4.74 Å². The molecule has 2 rings (SSSR count). The molecule has 1 spiro atoms. The highest BCUT2D eigenvalue weighted by atomic mass is 16.5. The molecule has 1 N–H and O–H groups in total. The first-order valence-corrected chi connectivity index (χ1v) is 6.07. The summed E-state index contributed by atoms with van der Waals surface area (Å²) in [6.07, 6.45) is 6.80. The molecule has 1 saturated carbocycles. The van der Waals surface area contributed by atoms with Crippen LogP contribution in [0, 0.1) is 5.92 Å². The van der Waals surface area contributed by atoms with Crippen molar-refractivity contribution in [1.29, 1.82) is 0 Å². The van der Waals surface area contributed by atoms with Gasteiger partial charge in [-0.1, -0.05) is 33.1 Å². The third-order valence-corrected chi connectivity index (χ3v) is 3.78. The Hall–Kier alpha value is -0.0800. The van der Waals surface area contributed by atoms with Crippen LogP contribution in [0.4, 0.5) is 0 Å². The van der Waals surface area contributed by atoms with Crippen LogP contribution < -0.4 is 5.32 Å². The molecule has 2 heteroatoms. The molecule has 1 heterocycles. The van der Waals surface area contributed by atoms with Gasteiger partial charge in [-0.25, -0.2) is 0 Å². The molecular weight excluding hydrogens is 174 g/mol. The summed E-state index contributed by atoms with van der Waals surface area (Å²) in [6.45, 7) is 6.40. The van der Waals surface area contributed by atoms with Crippen molar-refractivity contribution in [3.63, 3.8) is 0 Å². The van der Waals surface area contributed by atoms with Gasteiger partial charge in [-0.15, -0.1) is 0 Å². The summed E-state index contributed by atoms with van der Waals surface area (Å²) in [7, 11) is 0. The molecule has 1 atom stereocenters. The molecule has 0 bridgehead atoms. The quantitative estimate of drug-likeness (QED) is 0.696. The summed E-state index contributed by atoms with van der Waals surface area (Å²) in [4.78, 5) is 0. The standard InChI is InChI=1S/C12H23NO/c1-10(2)11-8-14-9-12(13-11)6-4-3-5-7-12/h10-11,13H,3-9H2,1-2H3/t11-/m0/s1. The second-order valence-corrected chi connectivity index (χ2v) is 5.35. The second-order valence-electron chi connectivity index (χ2n) is 5.35. The summed E-state index contributed by atoms with van der Waals surface area (Å²) in [5, 5.41) is 3.84. The van der Waals surface area contributed by atoms with Gasteiger partial charge in [0.05, 0.1) is 13.2 Å². The number of ether oxygens (including phenoxy) is 1. The fourth-order valence-electron chi connectivity index (χ4n) is 2.73. The van der Waals surface area contributed by atoms with Crippen molar-refractivity contribution in [2.45, 2.75) is 57.5 Å². The van der Waals surface area contributed by atoms with Crippen LogP contribution in [0.1, 0.15) is 46.0 Å². The zero-order valence-electron chi connectivity index (χ0n) is 9.51. The zero-order valence-corrected chi connectivity index (χ0v) is 9.51. The highest BCUT2D eigenvalue weighted by molar-refractivity contribution is 4.96. The smallest absolute Gasteiger partial charge is 0.0649 e. The number of hydrogen-bond donors (Lipinski definition) is 1. The topological polar surface area (TPSA) is 21.3 Å². The van der Waals surface area contributed by atoms with Crippen molar-refractivity contribution in [2.24, 2.45) is 5.92 Å². The van der Waals surface area contributed by atoms with E-state index < -0.39 is 0 Å². The Morgan fingerprint density at radius 1 is 1.21 bits per heavy atom. The molecule has 14 heavy (non-hydrogen) atoms. The molecule has 0 radical (unpaired) electrons. The van der Waals surface area contributed by atoms with Crippen LogP contribution in [0.2, 0.25) is 0 Å². The molecule has 0 aromatic carbocycles. The van der Waals surface area contributed by atoms with Crippen molar-refractivity contribution >= 4 is 0 Å². The molecule has 82 valence electrons. The Kier molecular flexibility index (Phi) is 3.13. The van der Waals surface area contributed by atoms with E-state index in [1.54, 1.807) is 0 Å². The largest absolute Gasteiger partial charge is 0.378 e. The van der Waals surface area contributed by atoms with Crippen molar-refractivity contribution in [3.05, 3.63) is 0 Å². The molecule has 0 unspecified atom stereocenters. The van der Waals surface area contributed by atoms with Crippen LogP contribution in [0.25, 0.3) is 0 Å². The molecule has 1 aliphatic carbocycles. The van der Waals surface area contributed by atoms with Crippen molar-refractivity contribution in [3.8, 4) is 0 Å². The second kappa shape index (κ2) is 4.19. The van der Waals surface area contributed by atoms with E-state index in [-0.39, 0.29) is 0 Å². The Morgan fingerprint density at radius 3 is 2.57 bits per heavy atom. The Morgan fingerprint density at radius 2 is 1.93 bits per heavy atom. The van der Waals surface area contributed by atoms with E-state index >= 15 is 0 Å². The monoisotopic (exact) mass is 197 g/mol. The number of nitrogens with one attached hydrogen (secondary N) is 1. The van der Waals surface area contributed by atoms with Gasteiger partial charge in [0.15, 0.2) is 0 Å². The number of hydrogen-bond acceptors (Lipinski definition) is 2. The van der Waals surface area contributed by atoms with Gasteiger partial charge in [0.2, 0.25) is 0 Å². The fourth-order valence-corrected chi connectivity index (χ4v) is 2.73. The lowest BCUT2D eigenvalue weighted by atomic mass is 9.80. The van der Waals surface area contributed by atoms with Gasteiger partial charge in [0.25, 0.3) is 0 Å². The van der Waals surface area contributed by atoms with Crippen LogP contribution in [0.5, 0.6) is 0 Å². The molecule has 0 aromatic heterocycles.